The summed E-state index contributed by atoms with van der Waals surface area (Å²) in [5, 5.41) is 13.2. The Labute approximate surface area is 80.9 Å². The normalized spacial score (nSPS) is 21.3. The Balaban J connectivity index is 2.30. The number of hydrogen-bond acceptors (Lipinski definition) is 5. The second-order valence-electron chi connectivity index (χ2n) is 3.11. The molecule has 0 unspecified atom stereocenters. The quantitative estimate of drug-likeness (QED) is 0.221. The van der Waals surface area contributed by atoms with Gasteiger partial charge in [0, 0.05) is 0 Å². The van der Waals surface area contributed by atoms with E-state index in [2.05, 4.69) is 10.5 Å². The number of nitrogens with zero attached hydrogens (tertiary/aromatic N) is 1. The van der Waals surface area contributed by atoms with Crippen LogP contribution in [0, 0.1) is 0 Å². The molecule has 4 N–H and O–H groups in total. The average molecular weight is 221 g/mol. The molecule has 1 amide bonds. The molecule has 1 heterocycles. The monoisotopic (exact) mass is 221 g/mol. The van der Waals surface area contributed by atoms with Crippen molar-refractivity contribution in [3.63, 3.8) is 0 Å². The number of carbonyl (C=O) groups is 1. The molecule has 0 spiro atoms. The van der Waals surface area contributed by atoms with Crippen molar-refractivity contribution in [1.29, 1.82) is 0 Å². The first kappa shape index (κ1) is 10.8. The van der Waals surface area contributed by atoms with Gasteiger partial charge < -0.3 is 16.3 Å². The maximum atomic E-state index is 11.0. The first-order chi connectivity index (χ1) is 6.43. The van der Waals surface area contributed by atoms with Gasteiger partial charge in [-0.25, -0.2) is 8.42 Å². The minimum absolute atomic E-state index is 0.0328. The van der Waals surface area contributed by atoms with E-state index in [-0.39, 0.29) is 29.8 Å². The van der Waals surface area contributed by atoms with Crippen LogP contribution in [-0.2, 0) is 14.6 Å². The van der Waals surface area contributed by atoms with Crippen molar-refractivity contribution in [3.05, 3.63) is 0 Å². The summed E-state index contributed by atoms with van der Waals surface area (Å²) < 4.78 is 21.4. The Morgan fingerprint density at radius 2 is 2.14 bits per heavy atom. The molecule has 14 heavy (non-hydrogen) atoms. The van der Waals surface area contributed by atoms with E-state index in [1.54, 1.807) is 0 Å². The molecule has 0 aromatic heterocycles. The molecule has 7 nitrogen and oxygen atoms in total. The standard InChI is InChI=1S/C6H11N3O4S/c7-5(9-11)1-6(10)8-4-2-14(12,13)3-4/h4,11H,1-3H2,(H2,7,9)(H,8,10). The largest absolute Gasteiger partial charge is 0.409 e. The predicted octanol–water partition coefficient (Wildman–Crippen LogP) is -1.96. The fourth-order valence-electron chi connectivity index (χ4n) is 1.13. The topological polar surface area (TPSA) is 122 Å². The molecular formula is C6H11N3O4S. The maximum Gasteiger partial charge on any atom is 0.227 e. The van der Waals surface area contributed by atoms with Crippen molar-refractivity contribution in [2.45, 2.75) is 12.5 Å². The second kappa shape index (κ2) is 3.82. The lowest BCUT2D eigenvalue weighted by Gasteiger charge is -2.26. The lowest BCUT2D eigenvalue weighted by molar-refractivity contribution is -0.120. The fraction of sp³-hybridized carbons (Fsp3) is 0.667. The molecule has 0 aromatic carbocycles. The highest BCUT2D eigenvalue weighted by atomic mass is 32.2. The second-order valence-corrected chi connectivity index (χ2v) is 5.26. The van der Waals surface area contributed by atoms with Gasteiger partial charge in [0.05, 0.1) is 24.0 Å². The van der Waals surface area contributed by atoms with E-state index in [0.29, 0.717) is 0 Å². The summed E-state index contributed by atoms with van der Waals surface area (Å²) in [5.74, 6) is -0.714. The van der Waals surface area contributed by atoms with Crippen molar-refractivity contribution in [1.82, 2.24) is 5.32 Å². The number of rotatable bonds is 3. The van der Waals surface area contributed by atoms with E-state index in [9.17, 15) is 13.2 Å². The fourth-order valence-corrected chi connectivity index (χ4v) is 2.42. The first-order valence-corrected chi connectivity index (χ1v) is 5.71. The number of hydrogen-bond donors (Lipinski definition) is 3. The molecule has 0 bridgehead atoms. The van der Waals surface area contributed by atoms with E-state index in [0.717, 1.165) is 0 Å². The summed E-state index contributed by atoms with van der Waals surface area (Å²) in [5.41, 5.74) is 5.08. The van der Waals surface area contributed by atoms with Crippen LogP contribution in [-0.4, -0.2) is 42.9 Å². The molecule has 8 heteroatoms. The molecule has 1 aliphatic heterocycles. The third-order valence-electron chi connectivity index (χ3n) is 1.75. The van der Waals surface area contributed by atoms with Crippen LogP contribution in [0.2, 0.25) is 0 Å². The van der Waals surface area contributed by atoms with E-state index >= 15 is 0 Å². The van der Waals surface area contributed by atoms with Crippen LogP contribution >= 0.6 is 0 Å². The maximum absolute atomic E-state index is 11.0. The van der Waals surface area contributed by atoms with Crippen LogP contribution < -0.4 is 11.1 Å². The summed E-state index contributed by atoms with van der Waals surface area (Å²) in [7, 11) is -2.94. The van der Waals surface area contributed by atoms with Crippen molar-refractivity contribution in [2.75, 3.05) is 11.5 Å². The van der Waals surface area contributed by atoms with E-state index in [1.165, 1.54) is 0 Å². The third kappa shape index (κ3) is 2.87. The van der Waals surface area contributed by atoms with Crippen LogP contribution in [0.15, 0.2) is 5.16 Å². The number of carbonyl (C=O) groups excluding carboxylic acids is 1. The number of amides is 1. The number of amidine groups is 1. The Morgan fingerprint density at radius 1 is 1.57 bits per heavy atom. The van der Waals surface area contributed by atoms with Gasteiger partial charge in [-0.3, -0.25) is 4.79 Å². The smallest absolute Gasteiger partial charge is 0.227 e. The van der Waals surface area contributed by atoms with Crippen LogP contribution in [0.1, 0.15) is 6.42 Å². The van der Waals surface area contributed by atoms with E-state index in [4.69, 9.17) is 10.9 Å². The van der Waals surface area contributed by atoms with Crippen molar-refractivity contribution >= 4 is 21.6 Å². The molecule has 1 saturated heterocycles. The Bertz CT molecular complexity index is 349. The molecule has 1 rings (SSSR count). The van der Waals surface area contributed by atoms with Gasteiger partial charge in [-0.1, -0.05) is 5.16 Å². The van der Waals surface area contributed by atoms with Gasteiger partial charge in [0.25, 0.3) is 0 Å². The highest BCUT2D eigenvalue weighted by Gasteiger charge is 2.34. The molecule has 1 aliphatic rings. The zero-order chi connectivity index (χ0) is 10.8. The summed E-state index contributed by atoms with van der Waals surface area (Å²) in [6.07, 6.45) is -0.229. The zero-order valence-corrected chi connectivity index (χ0v) is 8.12. The molecule has 1 fully saturated rings. The van der Waals surface area contributed by atoms with Gasteiger partial charge in [0.1, 0.15) is 5.84 Å². The van der Waals surface area contributed by atoms with Gasteiger partial charge in [-0.2, -0.15) is 0 Å². The van der Waals surface area contributed by atoms with Crippen LogP contribution in [0.25, 0.3) is 0 Å². The van der Waals surface area contributed by atoms with Gasteiger partial charge in [0.2, 0.25) is 5.91 Å². The summed E-state index contributed by atoms with van der Waals surface area (Å²) >= 11 is 0. The average Bonchev–Trinajstić information content (AvgIpc) is 2.00. The molecule has 0 saturated carbocycles. The summed E-state index contributed by atoms with van der Waals surface area (Å²) in [6, 6.07) is -0.334. The summed E-state index contributed by atoms with van der Waals surface area (Å²) in [4.78, 5) is 11.0. The van der Waals surface area contributed by atoms with Crippen molar-refractivity contribution < 1.29 is 18.4 Å². The molecule has 0 aliphatic carbocycles. The highest BCUT2D eigenvalue weighted by Crippen LogP contribution is 2.09. The van der Waals surface area contributed by atoms with Crippen LogP contribution in [0.3, 0.4) is 0 Å². The van der Waals surface area contributed by atoms with Crippen LogP contribution in [0.4, 0.5) is 0 Å². The molecular weight excluding hydrogens is 210 g/mol. The summed E-state index contributed by atoms with van der Waals surface area (Å²) in [6.45, 7) is 0. The molecule has 0 aromatic rings. The van der Waals surface area contributed by atoms with Gasteiger partial charge in [-0.05, 0) is 0 Å². The first-order valence-electron chi connectivity index (χ1n) is 3.89. The number of nitrogens with one attached hydrogen (secondary N) is 1. The highest BCUT2D eigenvalue weighted by molar-refractivity contribution is 7.92. The zero-order valence-electron chi connectivity index (χ0n) is 7.30. The minimum Gasteiger partial charge on any atom is -0.409 e. The van der Waals surface area contributed by atoms with Gasteiger partial charge >= 0.3 is 0 Å². The lowest BCUT2D eigenvalue weighted by Crippen LogP contribution is -2.53. The predicted molar refractivity (Wildman–Crippen MR) is 48.6 cm³/mol. The lowest BCUT2D eigenvalue weighted by atomic mass is 10.3. The van der Waals surface area contributed by atoms with E-state index in [1.807, 2.05) is 0 Å². The van der Waals surface area contributed by atoms with Crippen LogP contribution in [0.5, 0.6) is 0 Å². The number of sulfone groups is 1. The number of oxime groups is 1. The van der Waals surface area contributed by atoms with Crippen molar-refractivity contribution in [3.8, 4) is 0 Å². The Morgan fingerprint density at radius 3 is 2.57 bits per heavy atom. The third-order valence-corrected chi connectivity index (χ3v) is 3.57. The molecule has 0 radical (unpaired) electrons. The minimum atomic E-state index is -2.94. The Hall–Kier alpha value is -1.31. The Kier molecular flexibility index (Phi) is 2.94. The molecule has 0 atom stereocenters. The van der Waals surface area contributed by atoms with Gasteiger partial charge in [-0.15, -0.1) is 0 Å². The van der Waals surface area contributed by atoms with E-state index < -0.39 is 15.7 Å². The van der Waals surface area contributed by atoms with Crippen molar-refractivity contribution in [2.24, 2.45) is 10.9 Å². The van der Waals surface area contributed by atoms with Gasteiger partial charge in [0.15, 0.2) is 9.84 Å². The molecule has 80 valence electrons. The SMILES string of the molecule is N/C(CC(=O)NC1CS(=O)(=O)C1)=N\O. The number of nitrogens with two attached hydrogens (primary N) is 1.